The number of likely N-dealkylation sites (tertiary alicyclic amines) is 1. The van der Waals surface area contributed by atoms with Crippen LogP contribution in [0.2, 0.25) is 0 Å². The summed E-state index contributed by atoms with van der Waals surface area (Å²) in [5, 5.41) is 12.4. The summed E-state index contributed by atoms with van der Waals surface area (Å²) in [6.45, 7) is 1.02. The normalized spacial score (nSPS) is 20.0. The summed E-state index contributed by atoms with van der Waals surface area (Å²) < 4.78 is 37.5. The van der Waals surface area contributed by atoms with Gasteiger partial charge in [-0.2, -0.15) is 13.2 Å². The van der Waals surface area contributed by atoms with Crippen LogP contribution in [-0.2, 0) is 16.1 Å². The predicted octanol–water partition coefficient (Wildman–Crippen LogP) is 2.30. The molecule has 1 fully saturated rings. The molecule has 0 saturated carbocycles. The monoisotopic (exact) mass is 427 g/mol. The van der Waals surface area contributed by atoms with Crippen LogP contribution < -0.4 is 5.32 Å². The summed E-state index contributed by atoms with van der Waals surface area (Å²) in [7, 11) is 0. The third-order valence-corrected chi connectivity index (χ3v) is 5.75. The van der Waals surface area contributed by atoms with Crippen LogP contribution in [0.3, 0.4) is 0 Å². The first-order chi connectivity index (χ1) is 13.6. The number of nitrogens with zero attached hydrogens (tertiary/aromatic N) is 2. The number of amides is 1. The van der Waals surface area contributed by atoms with Gasteiger partial charge in [0.1, 0.15) is 0 Å². The number of aryl methyl sites for hydroxylation is 1. The van der Waals surface area contributed by atoms with E-state index in [1.54, 1.807) is 5.51 Å². The Kier molecular flexibility index (Phi) is 6.35. The molecule has 3 rings (SSSR count). The second-order valence-electron chi connectivity index (χ2n) is 6.94. The summed E-state index contributed by atoms with van der Waals surface area (Å²) in [6.07, 6.45) is -5.93. The van der Waals surface area contributed by atoms with Crippen molar-refractivity contribution in [3.63, 3.8) is 0 Å². The van der Waals surface area contributed by atoms with Crippen LogP contribution in [0.1, 0.15) is 17.7 Å². The Hall–Kier alpha value is -2.30. The topological polar surface area (TPSA) is 82.5 Å². The van der Waals surface area contributed by atoms with Crippen molar-refractivity contribution in [2.24, 2.45) is 0 Å². The number of thiazole rings is 1. The Morgan fingerprint density at radius 3 is 2.59 bits per heavy atom. The van der Waals surface area contributed by atoms with E-state index in [1.807, 2.05) is 31.2 Å². The minimum absolute atomic E-state index is 0.0133. The van der Waals surface area contributed by atoms with Crippen molar-refractivity contribution in [1.82, 2.24) is 15.2 Å². The standard InChI is InChI=1S/C19H20F3N3O3S/c1-11-17(29-10-24-11)13-4-2-12(3-5-13)7-23-18(28)15-6-14(26)8-25(15)9-16(27)19(20,21)22/h2-5,10,14-15,26H,6-9H2,1H3,(H,23,28)/t14-,15+/m1/s1. The molecule has 1 saturated heterocycles. The molecule has 156 valence electrons. The fraction of sp³-hybridized carbons (Fsp3) is 0.421. The van der Waals surface area contributed by atoms with Crippen molar-refractivity contribution in [2.45, 2.75) is 38.2 Å². The Bertz CT molecular complexity index is 883. The molecule has 10 heteroatoms. The number of alkyl halides is 3. The van der Waals surface area contributed by atoms with Crippen LogP contribution in [0.5, 0.6) is 0 Å². The van der Waals surface area contributed by atoms with E-state index < -0.39 is 36.6 Å². The molecule has 1 aliphatic rings. The van der Waals surface area contributed by atoms with E-state index in [0.29, 0.717) is 0 Å². The van der Waals surface area contributed by atoms with Crippen molar-refractivity contribution in [2.75, 3.05) is 13.1 Å². The van der Waals surface area contributed by atoms with E-state index in [0.717, 1.165) is 26.6 Å². The van der Waals surface area contributed by atoms with Gasteiger partial charge in [-0.3, -0.25) is 14.5 Å². The molecule has 2 aromatic rings. The number of aliphatic hydroxyl groups is 1. The average Bonchev–Trinajstić information content (AvgIpc) is 3.25. The molecule has 2 N–H and O–H groups in total. The number of halogens is 3. The minimum Gasteiger partial charge on any atom is -0.392 e. The van der Waals surface area contributed by atoms with Crippen molar-refractivity contribution in [3.05, 3.63) is 41.0 Å². The number of rotatable bonds is 6. The van der Waals surface area contributed by atoms with Gasteiger partial charge in [-0.25, -0.2) is 4.98 Å². The van der Waals surface area contributed by atoms with Gasteiger partial charge in [0.05, 0.1) is 34.8 Å². The summed E-state index contributed by atoms with van der Waals surface area (Å²) in [5.74, 6) is -2.45. The number of aromatic nitrogens is 1. The van der Waals surface area contributed by atoms with Crippen LogP contribution in [0.4, 0.5) is 13.2 Å². The number of ketones is 1. The first-order valence-corrected chi connectivity index (χ1v) is 9.82. The highest BCUT2D eigenvalue weighted by atomic mass is 32.1. The molecule has 0 radical (unpaired) electrons. The molecule has 2 heterocycles. The molecule has 1 aromatic carbocycles. The Balaban J connectivity index is 1.59. The van der Waals surface area contributed by atoms with Gasteiger partial charge in [0.2, 0.25) is 11.7 Å². The third-order valence-electron chi connectivity index (χ3n) is 4.78. The lowest BCUT2D eigenvalue weighted by molar-refractivity contribution is -0.172. The maximum absolute atomic E-state index is 12.5. The zero-order chi connectivity index (χ0) is 21.2. The van der Waals surface area contributed by atoms with E-state index >= 15 is 0 Å². The van der Waals surface area contributed by atoms with Crippen molar-refractivity contribution in [1.29, 1.82) is 0 Å². The molecule has 6 nitrogen and oxygen atoms in total. The van der Waals surface area contributed by atoms with Gasteiger partial charge in [0, 0.05) is 13.1 Å². The maximum atomic E-state index is 12.5. The minimum atomic E-state index is -4.97. The van der Waals surface area contributed by atoms with Crippen molar-refractivity contribution < 1.29 is 27.9 Å². The van der Waals surface area contributed by atoms with E-state index in [4.69, 9.17) is 0 Å². The fourth-order valence-electron chi connectivity index (χ4n) is 3.26. The van der Waals surface area contributed by atoms with Gasteiger partial charge in [-0.15, -0.1) is 11.3 Å². The Morgan fingerprint density at radius 2 is 2.00 bits per heavy atom. The largest absolute Gasteiger partial charge is 0.451 e. The van der Waals surface area contributed by atoms with E-state index in [1.165, 1.54) is 11.3 Å². The summed E-state index contributed by atoms with van der Waals surface area (Å²) in [4.78, 5) is 30.0. The SMILES string of the molecule is Cc1ncsc1-c1ccc(CNC(=O)[C@@H]2C[C@@H](O)CN2CC(=O)C(F)(F)F)cc1. The summed E-state index contributed by atoms with van der Waals surface area (Å²) in [5.41, 5.74) is 4.53. The Labute approximate surface area is 169 Å². The highest BCUT2D eigenvalue weighted by molar-refractivity contribution is 7.13. The molecule has 0 aliphatic carbocycles. The quantitative estimate of drug-likeness (QED) is 0.739. The van der Waals surface area contributed by atoms with Crippen molar-refractivity contribution >= 4 is 23.0 Å². The first-order valence-electron chi connectivity index (χ1n) is 8.94. The van der Waals surface area contributed by atoms with Gasteiger partial charge >= 0.3 is 6.18 Å². The lowest BCUT2D eigenvalue weighted by Gasteiger charge is -2.23. The number of aliphatic hydroxyl groups excluding tert-OH is 1. The fourth-order valence-corrected chi connectivity index (χ4v) is 4.07. The van der Waals surface area contributed by atoms with E-state index in [2.05, 4.69) is 10.3 Å². The number of carbonyl (C=O) groups excluding carboxylic acids is 2. The van der Waals surface area contributed by atoms with Crippen LogP contribution in [0, 0.1) is 6.92 Å². The third kappa shape index (κ3) is 5.20. The smallest absolute Gasteiger partial charge is 0.392 e. The van der Waals surface area contributed by atoms with Gasteiger partial charge in [-0.05, 0) is 24.5 Å². The predicted molar refractivity (Wildman–Crippen MR) is 101 cm³/mol. The number of carbonyl (C=O) groups is 2. The lowest BCUT2D eigenvalue weighted by atomic mass is 10.1. The molecular formula is C19H20F3N3O3S. The number of nitrogens with one attached hydrogen (secondary N) is 1. The molecule has 0 spiro atoms. The number of Topliss-reactive ketones (excluding diaryl/α,β-unsaturated/α-hetero) is 1. The van der Waals surface area contributed by atoms with Crippen molar-refractivity contribution in [3.8, 4) is 10.4 Å². The van der Waals surface area contributed by atoms with Gasteiger partial charge in [0.25, 0.3) is 0 Å². The molecule has 1 aliphatic heterocycles. The van der Waals surface area contributed by atoms with Gasteiger partial charge in [0.15, 0.2) is 0 Å². The summed E-state index contributed by atoms with van der Waals surface area (Å²) in [6, 6.07) is 6.55. The van der Waals surface area contributed by atoms with Crippen LogP contribution in [0.25, 0.3) is 10.4 Å². The van der Waals surface area contributed by atoms with Crippen LogP contribution in [0.15, 0.2) is 29.8 Å². The first kappa shape index (κ1) is 21.4. The molecule has 1 amide bonds. The van der Waals surface area contributed by atoms with Gasteiger partial charge in [-0.1, -0.05) is 24.3 Å². The Morgan fingerprint density at radius 1 is 1.31 bits per heavy atom. The number of hydrogen-bond acceptors (Lipinski definition) is 6. The molecule has 29 heavy (non-hydrogen) atoms. The number of hydrogen-bond donors (Lipinski definition) is 2. The molecule has 1 aromatic heterocycles. The second kappa shape index (κ2) is 8.60. The number of benzene rings is 1. The average molecular weight is 427 g/mol. The molecule has 0 unspecified atom stereocenters. The zero-order valence-electron chi connectivity index (χ0n) is 15.6. The van der Waals surface area contributed by atoms with Gasteiger partial charge < -0.3 is 10.4 Å². The highest BCUT2D eigenvalue weighted by Gasteiger charge is 2.43. The zero-order valence-corrected chi connectivity index (χ0v) is 16.4. The maximum Gasteiger partial charge on any atom is 0.451 e. The number of β-amino-alcohol motifs (C(OH)–C–C–N with tert-alkyl or cyclic N) is 1. The highest BCUT2D eigenvalue weighted by Crippen LogP contribution is 2.27. The molecule has 0 bridgehead atoms. The van der Waals surface area contributed by atoms with Crippen LogP contribution in [-0.4, -0.2) is 58.1 Å². The second-order valence-corrected chi connectivity index (χ2v) is 7.79. The van der Waals surface area contributed by atoms with E-state index in [-0.39, 0.29) is 19.5 Å². The molecular weight excluding hydrogens is 407 g/mol. The molecule has 2 atom stereocenters. The summed E-state index contributed by atoms with van der Waals surface area (Å²) >= 11 is 1.53. The lowest BCUT2D eigenvalue weighted by Crippen LogP contribution is -2.46. The van der Waals surface area contributed by atoms with E-state index in [9.17, 15) is 27.9 Å². The van der Waals surface area contributed by atoms with Crippen LogP contribution >= 0.6 is 11.3 Å².